The Balaban J connectivity index is 1.78. The van der Waals surface area contributed by atoms with Gasteiger partial charge < -0.3 is 14.6 Å². The van der Waals surface area contributed by atoms with E-state index in [1.165, 1.54) is 11.1 Å². The average molecular weight is 334 g/mol. The van der Waals surface area contributed by atoms with Crippen molar-refractivity contribution < 1.29 is 4.74 Å². The molecule has 0 aliphatic carbocycles. The maximum absolute atomic E-state index is 12.6. The lowest BCUT2D eigenvalue weighted by molar-refractivity contribution is 0.122. The van der Waals surface area contributed by atoms with Crippen molar-refractivity contribution in [3.05, 3.63) is 75.4 Å². The minimum atomic E-state index is 0.0707. The molecule has 1 aromatic heterocycles. The average Bonchev–Trinajstić information content (AvgIpc) is 2.63. The number of anilines is 1. The Morgan fingerprint density at radius 3 is 2.68 bits per heavy atom. The summed E-state index contributed by atoms with van der Waals surface area (Å²) in [7, 11) is 0. The van der Waals surface area contributed by atoms with Crippen LogP contribution in [0, 0.1) is 6.92 Å². The number of aromatic amines is 1. The Labute approximate surface area is 147 Å². The summed E-state index contributed by atoms with van der Waals surface area (Å²) in [6.45, 7) is 5.12. The molecule has 1 saturated heterocycles. The first-order valence-electron chi connectivity index (χ1n) is 8.74. The Morgan fingerprint density at radius 1 is 1.08 bits per heavy atom. The van der Waals surface area contributed by atoms with Gasteiger partial charge >= 0.3 is 0 Å². The zero-order chi connectivity index (χ0) is 17.2. The molecular formula is C21H22N2O2. The number of nitrogens with one attached hydrogen (secondary N) is 1. The largest absolute Gasteiger partial charge is 0.378 e. The number of hydrogen-bond acceptors (Lipinski definition) is 3. The number of H-pyrrole nitrogens is 1. The summed E-state index contributed by atoms with van der Waals surface area (Å²) in [6.07, 6.45) is 0.807. The van der Waals surface area contributed by atoms with Gasteiger partial charge in [0.15, 0.2) is 5.43 Å². The van der Waals surface area contributed by atoms with E-state index in [4.69, 9.17) is 4.74 Å². The lowest BCUT2D eigenvalue weighted by atomic mass is 10.0. The zero-order valence-corrected chi connectivity index (χ0v) is 14.4. The molecule has 1 fully saturated rings. The van der Waals surface area contributed by atoms with Crippen molar-refractivity contribution in [2.75, 3.05) is 31.2 Å². The van der Waals surface area contributed by atoms with E-state index in [0.717, 1.165) is 41.8 Å². The number of nitrogens with zero attached hydrogens (tertiary/aromatic N) is 1. The third-order valence-corrected chi connectivity index (χ3v) is 4.77. The number of hydrogen-bond donors (Lipinski definition) is 1. The molecule has 128 valence electrons. The number of aryl methyl sites for hydroxylation is 1. The normalized spacial score (nSPS) is 14.8. The van der Waals surface area contributed by atoms with Crippen LogP contribution in [-0.2, 0) is 11.2 Å². The number of aromatic nitrogens is 1. The second kappa shape index (κ2) is 6.73. The summed E-state index contributed by atoms with van der Waals surface area (Å²) in [6, 6.07) is 16.2. The molecule has 0 spiro atoms. The molecule has 2 aromatic carbocycles. The van der Waals surface area contributed by atoms with Gasteiger partial charge in [-0.25, -0.2) is 0 Å². The molecule has 1 N–H and O–H groups in total. The van der Waals surface area contributed by atoms with Crippen molar-refractivity contribution in [2.45, 2.75) is 13.3 Å². The molecular weight excluding hydrogens is 312 g/mol. The zero-order valence-electron chi connectivity index (χ0n) is 14.4. The Bertz CT molecular complexity index is 956. The van der Waals surface area contributed by atoms with E-state index < -0.39 is 0 Å². The standard InChI is InChI=1S/C21H22N2O2/c1-15-4-2-5-16(12-15)13-17-6-3-7-18-19(24)14-20(22-21(17)18)23-8-10-25-11-9-23/h2-7,12,14H,8-11,13H2,1H3,(H,22,24). The molecule has 4 nitrogen and oxygen atoms in total. The van der Waals surface area contributed by atoms with Gasteiger partial charge in [0.1, 0.15) is 5.82 Å². The number of fused-ring (bicyclic) bond motifs is 1. The van der Waals surface area contributed by atoms with Crippen LogP contribution in [0.2, 0.25) is 0 Å². The van der Waals surface area contributed by atoms with Crippen LogP contribution in [-0.4, -0.2) is 31.3 Å². The predicted octanol–water partition coefficient (Wildman–Crippen LogP) is 3.26. The number of pyridine rings is 1. The molecule has 4 heteroatoms. The van der Waals surface area contributed by atoms with Gasteiger partial charge in [0, 0.05) is 24.5 Å². The highest BCUT2D eigenvalue weighted by Crippen LogP contribution is 2.21. The predicted molar refractivity (Wildman–Crippen MR) is 102 cm³/mol. The summed E-state index contributed by atoms with van der Waals surface area (Å²) in [4.78, 5) is 18.3. The van der Waals surface area contributed by atoms with E-state index in [9.17, 15) is 4.79 Å². The van der Waals surface area contributed by atoms with Crippen LogP contribution in [0.5, 0.6) is 0 Å². The summed E-state index contributed by atoms with van der Waals surface area (Å²) in [5.74, 6) is 0.887. The van der Waals surface area contributed by atoms with Crippen LogP contribution in [0.15, 0.2) is 53.3 Å². The quantitative estimate of drug-likeness (QED) is 0.800. The molecule has 1 aliphatic heterocycles. The molecule has 3 aromatic rings. The van der Waals surface area contributed by atoms with Gasteiger partial charge in [-0.2, -0.15) is 0 Å². The highest BCUT2D eigenvalue weighted by Gasteiger charge is 2.14. The van der Waals surface area contributed by atoms with Crippen molar-refractivity contribution in [1.82, 2.24) is 4.98 Å². The number of rotatable bonds is 3. The monoisotopic (exact) mass is 334 g/mol. The van der Waals surface area contributed by atoms with Crippen molar-refractivity contribution in [2.24, 2.45) is 0 Å². The first-order valence-corrected chi connectivity index (χ1v) is 8.74. The lowest BCUT2D eigenvalue weighted by Gasteiger charge is -2.28. The summed E-state index contributed by atoms with van der Waals surface area (Å²) in [5, 5.41) is 0.752. The van der Waals surface area contributed by atoms with Gasteiger partial charge in [0.2, 0.25) is 0 Å². The van der Waals surface area contributed by atoms with Crippen molar-refractivity contribution in [3.8, 4) is 0 Å². The summed E-state index contributed by atoms with van der Waals surface area (Å²) in [5.41, 5.74) is 4.67. The minimum Gasteiger partial charge on any atom is -0.378 e. The number of benzene rings is 2. The van der Waals surface area contributed by atoms with Gasteiger partial charge in [-0.15, -0.1) is 0 Å². The van der Waals surface area contributed by atoms with Crippen molar-refractivity contribution in [1.29, 1.82) is 0 Å². The molecule has 25 heavy (non-hydrogen) atoms. The number of morpholine rings is 1. The van der Waals surface area contributed by atoms with Gasteiger partial charge in [-0.1, -0.05) is 42.0 Å². The van der Waals surface area contributed by atoms with E-state index in [-0.39, 0.29) is 5.43 Å². The second-order valence-electron chi connectivity index (χ2n) is 6.62. The summed E-state index contributed by atoms with van der Waals surface area (Å²) < 4.78 is 5.42. The topological polar surface area (TPSA) is 45.3 Å². The van der Waals surface area contributed by atoms with Crippen LogP contribution >= 0.6 is 0 Å². The van der Waals surface area contributed by atoms with Crippen LogP contribution in [0.1, 0.15) is 16.7 Å². The molecule has 4 rings (SSSR count). The molecule has 0 atom stereocenters. The van der Waals surface area contributed by atoms with E-state index in [0.29, 0.717) is 13.2 Å². The van der Waals surface area contributed by atoms with E-state index in [1.807, 2.05) is 12.1 Å². The van der Waals surface area contributed by atoms with Crippen LogP contribution < -0.4 is 10.3 Å². The fraction of sp³-hybridized carbons (Fsp3) is 0.286. The molecule has 0 radical (unpaired) electrons. The van der Waals surface area contributed by atoms with E-state index in [2.05, 4.69) is 47.1 Å². The first-order chi connectivity index (χ1) is 12.2. The smallest absolute Gasteiger partial charge is 0.191 e. The second-order valence-corrected chi connectivity index (χ2v) is 6.62. The fourth-order valence-corrected chi connectivity index (χ4v) is 3.48. The van der Waals surface area contributed by atoms with Gasteiger partial charge in [0.05, 0.1) is 18.7 Å². The fourth-order valence-electron chi connectivity index (χ4n) is 3.48. The highest BCUT2D eigenvalue weighted by molar-refractivity contribution is 5.83. The van der Waals surface area contributed by atoms with E-state index in [1.54, 1.807) is 6.07 Å². The Hall–Kier alpha value is -2.59. The SMILES string of the molecule is Cc1cccc(Cc2cccc3c(=O)cc(N4CCOCC4)[nH]c23)c1. The van der Waals surface area contributed by atoms with E-state index >= 15 is 0 Å². The Morgan fingerprint density at radius 2 is 1.88 bits per heavy atom. The number of ether oxygens (including phenoxy) is 1. The summed E-state index contributed by atoms with van der Waals surface area (Å²) >= 11 is 0. The van der Waals surface area contributed by atoms with Gasteiger partial charge in [-0.3, -0.25) is 4.79 Å². The Kier molecular flexibility index (Phi) is 4.28. The molecule has 0 amide bonds. The maximum atomic E-state index is 12.6. The van der Waals surface area contributed by atoms with Crippen molar-refractivity contribution >= 4 is 16.7 Å². The number of para-hydroxylation sites is 1. The highest BCUT2D eigenvalue weighted by atomic mass is 16.5. The first kappa shape index (κ1) is 15.9. The van der Waals surface area contributed by atoms with Gasteiger partial charge in [0.25, 0.3) is 0 Å². The minimum absolute atomic E-state index is 0.0707. The van der Waals surface area contributed by atoms with Crippen LogP contribution in [0.3, 0.4) is 0 Å². The van der Waals surface area contributed by atoms with Crippen molar-refractivity contribution in [3.63, 3.8) is 0 Å². The maximum Gasteiger partial charge on any atom is 0.191 e. The molecule has 0 saturated carbocycles. The molecule has 0 unspecified atom stereocenters. The molecule has 2 heterocycles. The van der Waals surface area contributed by atoms with Crippen LogP contribution in [0.4, 0.5) is 5.82 Å². The third kappa shape index (κ3) is 3.30. The molecule has 1 aliphatic rings. The van der Waals surface area contributed by atoms with Gasteiger partial charge in [-0.05, 0) is 30.5 Å². The molecule has 0 bridgehead atoms. The third-order valence-electron chi connectivity index (χ3n) is 4.77. The lowest BCUT2D eigenvalue weighted by Crippen LogP contribution is -2.37. The van der Waals surface area contributed by atoms with Crippen LogP contribution in [0.25, 0.3) is 10.9 Å².